The van der Waals surface area contributed by atoms with Gasteiger partial charge in [0, 0.05) is 19.5 Å². The van der Waals surface area contributed by atoms with Gasteiger partial charge in [0.15, 0.2) is 0 Å². The van der Waals surface area contributed by atoms with Crippen molar-refractivity contribution in [2.75, 3.05) is 11.9 Å². The van der Waals surface area contributed by atoms with Gasteiger partial charge in [0.05, 0.1) is 4.92 Å². The number of nitrogens with one attached hydrogen (secondary N) is 1. The molecule has 1 aromatic rings. The molecule has 0 bridgehead atoms. The van der Waals surface area contributed by atoms with Gasteiger partial charge in [0.2, 0.25) is 5.82 Å². The third-order valence-electron chi connectivity index (χ3n) is 4.00. The zero-order valence-electron chi connectivity index (χ0n) is 14.2. The minimum absolute atomic E-state index is 0.0261. The Balaban J connectivity index is 3.05. The second kappa shape index (κ2) is 6.91. The smallest absolute Gasteiger partial charge is 0.334 e. The maximum Gasteiger partial charge on any atom is 0.334 e. The molecular formula is C15H28N4O2. The number of nitrogens with zero attached hydrogens (tertiary/aromatic N) is 3. The molecule has 0 aromatic carbocycles. The van der Waals surface area contributed by atoms with Crippen molar-refractivity contribution in [3.8, 4) is 0 Å². The number of rotatable bonds is 7. The van der Waals surface area contributed by atoms with Crippen LogP contribution in [-0.4, -0.2) is 21.2 Å². The van der Waals surface area contributed by atoms with Crippen LogP contribution in [0.5, 0.6) is 0 Å². The molecule has 0 atom stereocenters. The molecular weight excluding hydrogens is 268 g/mol. The first-order valence-corrected chi connectivity index (χ1v) is 7.61. The van der Waals surface area contributed by atoms with E-state index in [0.717, 1.165) is 0 Å². The summed E-state index contributed by atoms with van der Waals surface area (Å²) in [7, 11) is 1.75. The van der Waals surface area contributed by atoms with Crippen LogP contribution in [0, 0.1) is 27.9 Å². The summed E-state index contributed by atoms with van der Waals surface area (Å²) in [5.41, 5.74) is 0.648. The van der Waals surface area contributed by atoms with Crippen LogP contribution in [0.1, 0.15) is 53.2 Å². The van der Waals surface area contributed by atoms with Gasteiger partial charge >= 0.3 is 5.69 Å². The molecule has 0 saturated heterocycles. The Morgan fingerprint density at radius 3 is 2.10 bits per heavy atom. The Morgan fingerprint density at radius 1 is 1.19 bits per heavy atom. The topological polar surface area (TPSA) is 73.0 Å². The van der Waals surface area contributed by atoms with Crippen molar-refractivity contribution >= 4 is 11.5 Å². The normalized spacial score (nSPS) is 12.0. The lowest BCUT2D eigenvalue weighted by Crippen LogP contribution is -2.25. The maximum absolute atomic E-state index is 11.4. The highest BCUT2D eigenvalue weighted by molar-refractivity contribution is 5.60. The molecule has 0 aliphatic rings. The summed E-state index contributed by atoms with van der Waals surface area (Å²) >= 11 is 0. The lowest BCUT2D eigenvalue weighted by molar-refractivity contribution is -0.384. The van der Waals surface area contributed by atoms with E-state index in [4.69, 9.17) is 0 Å². The van der Waals surface area contributed by atoms with E-state index in [-0.39, 0.29) is 16.5 Å². The van der Waals surface area contributed by atoms with Gasteiger partial charge in [-0.05, 0) is 17.8 Å². The zero-order valence-corrected chi connectivity index (χ0v) is 14.2. The molecule has 1 N–H and O–H groups in total. The largest absolute Gasteiger partial charge is 0.364 e. The van der Waals surface area contributed by atoms with E-state index < -0.39 is 0 Å². The van der Waals surface area contributed by atoms with Crippen molar-refractivity contribution in [2.24, 2.45) is 24.8 Å². The van der Waals surface area contributed by atoms with Gasteiger partial charge in [-0.3, -0.25) is 10.1 Å². The van der Waals surface area contributed by atoms with Crippen LogP contribution in [0.3, 0.4) is 0 Å². The average Bonchev–Trinajstić information content (AvgIpc) is 2.66. The van der Waals surface area contributed by atoms with Gasteiger partial charge in [0.25, 0.3) is 0 Å². The second-order valence-electron chi connectivity index (χ2n) is 6.65. The molecule has 0 radical (unpaired) electrons. The van der Waals surface area contributed by atoms with Crippen molar-refractivity contribution in [3.63, 3.8) is 0 Å². The summed E-state index contributed by atoms with van der Waals surface area (Å²) in [5.74, 6) is 2.04. The van der Waals surface area contributed by atoms with Crippen LogP contribution < -0.4 is 5.32 Å². The lowest BCUT2D eigenvalue weighted by atomic mass is 9.85. The second-order valence-corrected chi connectivity index (χ2v) is 6.65. The fourth-order valence-corrected chi connectivity index (χ4v) is 2.76. The average molecular weight is 296 g/mol. The summed E-state index contributed by atoms with van der Waals surface area (Å²) in [5, 5.41) is 19.0. The standard InChI is InChI=1S/C15H28N4O2/c1-9(2)12(10(3)4)8-16-15-14(19(20)21)13(11(5)6)17-18(15)7/h9-12,16H,8H2,1-7H3. The number of aryl methyl sites for hydroxylation is 1. The van der Waals surface area contributed by atoms with E-state index in [2.05, 4.69) is 38.1 Å². The van der Waals surface area contributed by atoms with E-state index in [1.165, 1.54) is 0 Å². The predicted molar refractivity (Wildman–Crippen MR) is 85.6 cm³/mol. The number of nitro groups is 1. The van der Waals surface area contributed by atoms with Crippen LogP contribution in [0.2, 0.25) is 0 Å². The molecule has 6 nitrogen and oxygen atoms in total. The SMILES string of the molecule is CC(C)c1nn(C)c(NCC(C(C)C)C(C)C)c1[N+](=O)[O-]. The van der Waals surface area contributed by atoms with Gasteiger partial charge in [-0.2, -0.15) is 5.10 Å². The molecule has 21 heavy (non-hydrogen) atoms. The molecule has 1 aromatic heterocycles. The first-order chi connectivity index (χ1) is 9.66. The summed E-state index contributed by atoms with van der Waals surface area (Å²) in [6, 6.07) is 0. The molecule has 0 saturated carbocycles. The van der Waals surface area contributed by atoms with Crippen molar-refractivity contribution < 1.29 is 4.92 Å². The molecule has 6 heteroatoms. The molecule has 0 aliphatic heterocycles. The van der Waals surface area contributed by atoms with Crippen LogP contribution in [0.25, 0.3) is 0 Å². The van der Waals surface area contributed by atoms with Crippen LogP contribution in [0.4, 0.5) is 11.5 Å². The first kappa shape index (κ1) is 17.5. The van der Waals surface area contributed by atoms with Crippen molar-refractivity contribution in [2.45, 2.75) is 47.5 Å². The Morgan fingerprint density at radius 2 is 1.71 bits per heavy atom. The Hall–Kier alpha value is -1.59. The number of hydrogen-bond donors (Lipinski definition) is 1. The highest BCUT2D eigenvalue weighted by Crippen LogP contribution is 2.33. The molecule has 0 fully saturated rings. The van der Waals surface area contributed by atoms with Crippen LogP contribution in [-0.2, 0) is 7.05 Å². The molecule has 0 amide bonds. The van der Waals surface area contributed by atoms with E-state index in [9.17, 15) is 10.1 Å². The Labute approximate surface area is 127 Å². The highest BCUT2D eigenvalue weighted by Gasteiger charge is 2.29. The third-order valence-corrected chi connectivity index (χ3v) is 4.00. The van der Waals surface area contributed by atoms with Gasteiger partial charge in [-0.15, -0.1) is 0 Å². The summed E-state index contributed by atoms with van der Waals surface area (Å²) in [4.78, 5) is 11.1. The van der Waals surface area contributed by atoms with E-state index in [1.807, 2.05) is 13.8 Å². The minimum atomic E-state index is -0.329. The van der Waals surface area contributed by atoms with E-state index >= 15 is 0 Å². The molecule has 0 aliphatic carbocycles. The van der Waals surface area contributed by atoms with Crippen molar-refractivity contribution in [1.82, 2.24) is 9.78 Å². The summed E-state index contributed by atoms with van der Waals surface area (Å²) < 4.78 is 1.59. The number of anilines is 1. The molecule has 0 spiro atoms. The summed E-state index contributed by atoms with van der Waals surface area (Å²) in [6.45, 7) is 13.3. The zero-order chi connectivity index (χ0) is 16.3. The van der Waals surface area contributed by atoms with Gasteiger partial charge in [-0.25, -0.2) is 4.68 Å². The monoisotopic (exact) mass is 296 g/mol. The Kier molecular flexibility index (Phi) is 5.75. The van der Waals surface area contributed by atoms with Gasteiger partial charge < -0.3 is 5.32 Å². The fraction of sp³-hybridized carbons (Fsp3) is 0.800. The van der Waals surface area contributed by atoms with Gasteiger partial charge in [0.1, 0.15) is 5.69 Å². The van der Waals surface area contributed by atoms with Gasteiger partial charge in [-0.1, -0.05) is 41.5 Å². The van der Waals surface area contributed by atoms with E-state index in [1.54, 1.807) is 11.7 Å². The fourth-order valence-electron chi connectivity index (χ4n) is 2.76. The number of hydrogen-bond acceptors (Lipinski definition) is 4. The van der Waals surface area contributed by atoms with Crippen molar-refractivity contribution in [3.05, 3.63) is 15.8 Å². The maximum atomic E-state index is 11.4. The Bertz CT molecular complexity index is 484. The summed E-state index contributed by atoms with van der Waals surface area (Å²) in [6.07, 6.45) is 0. The number of aromatic nitrogens is 2. The molecule has 1 rings (SSSR count). The van der Waals surface area contributed by atoms with E-state index in [0.29, 0.717) is 35.8 Å². The molecule has 1 heterocycles. The quantitative estimate of drug-likeness (QED) is 0.613. The first-order valence-electron chi connectivity index (χ1n) is 7.61. The van der Waals surface area contributed by atoms with Crippen molar-refractivity contribution in [1.29, 1.82) is 0 Å². The van der Waals surface area contributed by atoms with Crippen LogP contribution >= 0.6 is 0 Å². The minimum Gasteiger partial charge on any atom is -0.364 e. The molecule has 120 valence electrons. The molecule has 0 unspecified atom stereocenters. The lowest BCUT2D eigenvalue weighted by Gasteiger charge is -2.25. The third kappa shape index (κ3) is 3.95. The predicted octanol–water partition coefficient (Wildman–Crippen LogP) is 3.79. The highest BCUT2D eigenvalue weighted by atomic mass is 16.6. The van der Waals surface area contributed by atoms with Crippen LogP contribution in [0.15, 0.2) is 0 Å².